The van der Waals surface area contributed by atoms with Gasteiger partial charge in [0.25, 0.3) is 0 Å². The normalized spacial score (nSPS) is 13.5. The monoisotopic (exact) mass is 214 g/mol. The summed E-state index contributed by atoms with van der Waals surface area (Å²) in [5, 5.41) is 4.15. The molecule has 0 saturated heterocycles. The molecule has 1 aromatic rings. The van der Waals surface area contributed by atoms with Crippen molar-refractivity contribution >= 4 is 11.6 Å². The van der Waals surface area contributed by atoms with Gasteiger partial charge in [-0.1, -0.05) is 13.8 Å². The molecule has 1 unspecified atom stereocenters. The van der Waals surface area contributed by atoms with Gasteiger partial charge in [-0.3, -0.25) is 4.68 Å². The molecule has 0 saturated carbocycles. The summed E-state index contributed by atoms with van der Waals surface area (Å²) in [6.45, 7) is 4.46. The average molecular weight is 215 g/mol. The van der Waals surface area contributed by atoms with Crippen LogP contribution in [0.15, 0.2) is 12.3 Å². The van der Waals surface area contributed by atoms with Crippen LogP contribution in [0, 0.1) is 11.8 Å². The van der Waals surface area contributed by atoms with Gasteiger partial charge in [-0.15, -0.1) is 11.6 Å². The minimum absolute atomic E-state index is 0.617. The molecule has 0 radical (unpaired) electrons. The second kappa shape index (κ2) is 5.40. The van der Waals surface area contributed by atoms with Gasteiger partial charge in [0.2, 0.25) is 0 Å². The zero-order chi connectivity index (χ0) is 10.6. The van der Waals surface area contributed by atoms with Gasteiger partial charge in [-0.2, -0.15) is 5.10 Å². The molecular formula is C11H19ClN2. The van der Waals surface area contributed by atoms with Crippen LogP contribution in [-0.4, -0.2) is 15.7 Å². The molecule has 0 N–H and O–H groups in total. The predicted octanol–water partition coefficient (Wildman–Crippen LogP) is 2.86. The Morgan fingerprint density at radius 2 is 2.21 bits per heavy atom. The molecule has 0 aliphatic heterocycles. The highest BCUT2D eigenvalue weighted by Crippen LogP contribution is 2.19. The van der Waals surface area contributed by atoms with E-state index in [0.29, 0.717) is 11.8 Å². The standard InChI is InChI=1S/C11H19ClN2/c1-9(2)10(8-12)4-5-11-6-7-13-14(11)3/h6-7,9-10H,4-5,8H2,1-3H3. The maximum absolute atomic E-state index is 5.92. The van der Waals surface area contributed by atoms with Crippen molar-refractivity contribution in [3.05, 3.63) is 18.0 Å². The number of rotatable bonds is 5. The molecule has 0 bridgehead atoms. The molecular weight excluding hydrogens is 196 g/mol. The second-order valence-electron chi connectivity index (χ2n) is 4.14. The van der Waals surface area contributed by atoms with E-state index in [1.807, 2.05) is 17.9 Å². The van der Waals surface area contributed by atoms with Crippen LogP contribution in [0.25, 0.3) is 0 Å². The molecule has 0 aromatic carbocycles. The molecule has 14 heavy (non-hydrogen) atoms. The molecule has 0 fully saturated rings. The maximum atomic E-state index is 5.92. The third-order valence-electron chi connectivity index (χ3n) is 2.83. The van der Waals surface area contributed by atoms with Gasteiger partial charge in [0.15, 0.2) is 0 Å². The molecule has 1 heterocycles. The Labute approximate surface area is 91.3 Å². The highest BCUT2D eigenvalue weighted by molar-refractivity contribution is 6.18. The number of hydrogen-bond donors (Lipinski definition) is 0. The van der Waals surface area contributed by atoms with Crippen molar-refractivity contribution in [3.63, 3.8) is 0 Å². The highest BCUT2D eigenvalue weighted by atomic mass is 35.5. The van der Waals surface area contributed by atoms with E-state index in [0.717, 1.165) is 18.7 Å². The van der Waals surface area contributed by atoms with E-state index in [4.69, 9.17) is 11.6 Å². The minimum Gasteiger partial charge on any atom is -0.273 e. The van der Waals surface area contributed by atoms with Crippen LogP contribution < -0.4 is 0 Å². The lowest BCUT2D eigenvalue weighted by Crippen LogP contribution is -2.12. The Bertz CT molecular complexity index is 268. The molecule has 0 aliphatic carbocycles. The van der Waals surface area contributed by atoms with Crippen LogP contribution in [0.4, 0.5) is 0 Å². The second-order valence-corrected chi connectivity index (χ2v) is 4.45. The fourth-order valence-electron chi connectivity index (χ4n) is 1.57. The summed E-state index contributed by atoms with van der Waals surface area (Å²) in [4.78, 5) is 0. The number of alkyl halides is 1. The van der Waals surface area contributed by atoms with Crippen LogP contribution >= 0.6 is 11.6 Å². The van der Waals surface area contributed by atoms with Crippen molar-refractivity contribution < 1.29 is 0 Å². The van der Waals surface area contributed by atoms with E-state index < -0.39 is 0 Å². The third kappa shape index (κ3) is 3.02. The minimum atomic E-state index is 0.617. The first-order valence-electron chi connectivity index (χ1n) is 5.18. The van der Waals surface area contributed by atoms with Crippen molar-refractivity contribution in [1.82, 2.24) is 9.78 Å². The Hall–Kier alpha value is -0.500. The summed E-state index contributed by atoms with van der Waals surface area (Å²) in [7, 11) is 1.99. The van der Waals surface area contributed by atoms with Gasteiger partial charge in [0.05, 0.1) is 0 Å². The Morgan fingerprint density at radius 3 is 2.64 bits per heavy atom. The SMILES string of the molecule is CC(C)C(CCl)CCc1ccnn1C. The van der Waals surface area contributed by atoms with E-state index in [2.05, 4.69) is 25.0 Å². The zero-order valence-electron chi connectivity index (χ0n) is 9.20. The van der Waals surface area contributed by atoms with Gasteiger partial charge in [0, 0.05) is 24.8 Å². The molecule has 1 rings (SSSR count). The smallest absolute Gasteiger partial charge is 0.0492 e. The number of halogens is 1. The largest absolute Gasteiger partial charge is 0.273 e. The van der Waals surface area contributed by atoms with Gasteiger partial charge in [-0.05, 0) is 30.7 Å². The van der Waals surface area contributed by atoms with Crippen LogP contribution in [0.5, 0.6) is 0 Å². The van der Waals surface area contributed by atoms with Crippen LogP contribution in [0.3, 0.4) is 0 Å². The van der Waals surface area contributed by atoms with Gasteiger partial charge < -0.3 is 0 Å². The summed E-state index contributed by atoms with van der Waals surface area (Å²) in [6.07, 6.45) is 4.08. The fraction of sp³-hybridized carbons (Fsp3) is 0.727. The molecule has 0 spiro atoms. The summed E-state index contributed by atoms with van der Waals surface area (Å²) in [5.74, 6) is 2.04. The summed E-state index contributed by atoms with van der Waals surface area (Å²) < 4.78 is 1.94. The van der Waals surface area contributed by atoms with Crippen LogP contribution in [0.1, 0.15) is 26.0 Å². The predicted molar refractivity (Wildman–Crippen MR) is 60.6 cm³/mol. The van der Waals surface area contributed by atoms with E-state index in [1.165, 1.54) is 5.69 Å². The molecule has 1 aromatic heterocycles. The Balaban J connectivity index is 2.43. The van der Waals surface area contributed by atoms with E-state index in [1.54, 1.807) is 0 Å². The quantitative estimate of drug-likeness (QED) is 0.690. The lowest BCUT2D eigenvalue weighted by Gasteiger charge is -2.17. The lowest BCUT2D eigenvalue weighted by atomic mass is 9.92. The molecule has 0 aliphatic rings. The molecule has 0 amide bonds. The topological polar surface area (TPSA) is 17.8 Å². The average Bonchev–Trinajstić information content (AvgIpc) is 2.52. The Kier molecular flexibility index (Phi) is 4.46. The zero-order valence-corrected chi connectivity index (χ0v) is 9.96. The summed E-state index contributed by atoms with van der Waals surface area (Å²) in [5.41, 5.74) is 1.29. The number of hydrogen-bond acceptors (Lipinski definition) is 1. The summed E-state index contributed by atoms with van der Waals surface area (Å²) >= 11 is 5.92. The molecule has 1 atom stereocenters. The van der Waals surface area contributed by atoms with Crippen molar-refractivity contribution in [1.29, 1.82) is 0 Å². The van der Waals surface area contributed by atoms with E-state index in [9.17, 15) is 0 Å². The Morgan fingerprint density at radius 1 is 1.50 bits per heavy atom. The van der Waals surface area contributed by atoms with Crippen molar-refractivity contribution in [2.45, 2.75) is 26.7 Å². The highest BCUT2D eigenvalue weighted by Gasteiger charge is 2.12. The first-order valence-corrected chi connectivity index (χ1v) is 5.71. The number of aromatic nitrogens is 2. The van der Waals surface area contributed by atoms with Crippen LogP contribution in [-0.2, 0) is 13.5 Å². The molecule has 3 heteroatoms. The lowest BCUT2D eigenvalue weighted by molar-refractivity contribution is 0.393. The van der Waals surface area contributed by atoms with E-state index >= 15 is 0 Å². The number of aryl methyl sites for hydroxylation is 2. The first-order chi connectivity index (χ1) is 6.65. The number of nitrogens with zero attached hydrogens (tertiary/aromatic N) is 2. The summed E-state index contributed by atoms with van der Waals surface area (Å²) in [6, 6.07) is 2.08. The fourth-order valence-corrected chi connectivity index (χ4v) is 2.08. The van der Waals surface area contributed by atoms with Crippen molar-refractivity contribution in [3.8, 4) is 0 Å². The van der Waals surface area contributed by atoms with Gasteiger partial charge in [-0.25, -0.2) is 0 Å². The maximum Gasteiger partial charge on any atom is 0.0492 e. The third-order valence-corrected chi connectivity index (χ3v) is 3.23. The molecule has 2 nitrogen and oxygen atoms in total. The van der Waals surface area contributed by atoms with Crippen molar-refractivity contribution in [2.24, 2.45) is 18.9 Å². The first kappa shape index (κ1) is 11.6. The van der Waals surface area contributed by atoms with Crippen molar-refractivity contribution in [2.75, 3.05) is 5.88 Å². The van der Waals surface area contributed by atoms with Gasteiger partial charge >= 0.3 is 0 Å². The van der Waals surface area contributed by atoms with Crippen LogP contribution in [0.2, 0.25) is 0 Å². The van der Waals surface area contributed by atoms with E-state index in [-0.39, 0.29) is 0 Å². The molecule has 80 valence electrons. The van der Waals surface area contributed by atoms with Gasteiger partial charge in [0.1, 0.15) is 0 Å².